The average Bonchev–Trinajstić information content (AvgIpc) is 2.83. The number of allylic oxidation sites excluding steroid dienone is 2. The first-order valence-electron chi connectivity index (χ1n) is 11.8. The van der Waals surface area contributed by atoms with Crippen LogP contribution in [-0.4, -0.2) is 65.9 Å². The Hall–Kier alpha value is -3.49. The number of benzene rings is 1. The van der Waals surface area contributed by atoms with Crippen molar-refractivity contribution >= 4 is 23.3 Å². The number of rotatable bonds is 1. The Morgan fingerprint density at radius 3 is 2.65 bits per heavy atom. The van der Waals surface area contributed by atoms with Crippen LogP contribution in [-0.2, 0) is 17.8 Å². The number of nitrogens with two attached hydrogens (primary N) is 1. The van der Waals surface area contributed by atoms with E-state index in [0.29, 0.717) is 24.7 Å². The molecule has 34 heavy (non-hydrogen) atoms. The monoisotopic (exact) mass is 459 g/mol. The first kappa shape index (κ1) is 23.7. The number of piperazine rings is 1. The molecule has 0 saturated carbocycles. The molecule has 1 saturated heterocycles. The Morgan fingerprint density at radius 1 is 1.06 bits per heavy atom. The smallest absolute Gasteiger partial charge is 0.234 e. The maximum Gasteiger partial charge on any atom is 0.234 e. The lowest BCUT2D eigenvalue weighted by molar-refractivity contribution is -0.122. The number of pyridine rings is 1. The van der Waals surface area contributed by atoms with Crippen molar-refractivity contribution < 1.29 is 4.79 Å². The molecule has 1 amide bonds. The molecule has 0 radical (unpaired) electrons. The van der Waals surface area contributed by atoms with Crippen LogP contribution < -0.4 is 16.4 Å². The summed E-state index contributed by atoms with van der Waals surface area (Å²) in [4.78, 5) is 26.1. The number of guanidine groups is 1. The topological polar surface area (TPSA) is 98.9 Å². The van der Waals surface area contributed by atoms with Crippen molar-refractivity contribution in [2.75, 3.05) is 44.6 Å². The molecular weight excluding hydrogens is 426 g/mol. The van der Waals surface area contributed by atoms with Gasteiger partial charge in [-0.15, -0.1) is 0 Å². The zero-order valence-electron chi connectivity index (χ0n) is 19.5. The summed E-state index contributed by atoms with van der Waals surface area (Å²) in [5, 5.41) is 6.27. The van der Waals surface area contributed by atoms with Crippen LogP contribution in [0.3, 0.4) is 0 Å². The maximum atomic E-state index is 12.4. The summed E-state index contributed by atoms with van der Waals surface area (Å²) >= 11 is 0. The van der Waals surface area contributed by atoms with Gasteiger partial charge in [-0.05, 0) is 48.7 Å². The molecule has 0 atom stereocenters. The molecule has 0 aliphatic carbocycles. The number of aromatic nitrogens is 1. The molecule has 1 aromatic heterocycles. The summed E-state index contributed by atoms with van der Waals surface area (Å²) in [5.41, 5.74) is 10.9. The highest BCUT2D eigenvalue weighted by Gasteiger charge is 2.19. The number of carbonyl (C=O) groups excluding carboxylic acids is 1. The molecule has 0 spiro atoms. The average molecular weight is 460 g/mol. The first-order chi connectivity index (χ1) is 16.6. The zero-order chi connectivity index (χ0) is 23.8. The molecule has 1 aromatic carbocycles. The second kappa shape index (κ2) is 11.6. The van der Waals surface area contributed by atoms with Gasteiger partial charge in [0, 0.05) is 62.4 Å². The number of nitrogens with one attached hydrogen (secondary N) is 2. The highest BCUT2D eigenvalue weighted by Crippen LogP contribution is 2.19. The van der Waals surface area contributed by atoms with Crippen LogP contribution in [0.4, 0.5) is 5.69 Å². The third-order valence-corrected chi connectivity index (χ3v) is 6.00. The zero-order valence-corrected chi connectivity index (χ0v) is 19.5. The van der Waals surface area contributed by atoms with Crippen molar-refractivity contribution in [3.8, 4) is 0 Å². The lowest BCUT2D eigenvalue weighted by Crippen LogP contribution is -2.49. The summed E-state index contributed by atoms with van der Waals surface area (Å²) in [7, 11) is 0. The molecule has 0 unspecified atom stereocenters. The van der Waals surface area contributed by atoms with Gasteiger partial charge in [0.2, 0.25) is 5.91 Å². The fraction of sp³-hybridized carbons (Fsp3) is 0.346. The van der Waals surface area contributed by atoms with Gasteiger partial charge in [0.1, 0.15) is 0 Å². The van der Waals surface area contributed by atoms with Crippen molar-refractivity contribution in [2.45, 2.75) is 19.4 Å². The number of anilines is 1. The van der Waals surface area contributed by atoms with Crippen molar-refractivity contribution in [3.63, 3.8) is 0 Å². The van der Waals surface area contributed by atoms with E-state index >= 15 is 0 Å². The summed E-state index contributed by atoms with van der Waals surface area (Å²) < 4.78 is 0. The van der Waals surface area contributed by atoms with Gasteiger partial charge in [-0.1, -0.05) is 24.8 Å². The Labute approximate surface area is 201 Å². The molecule has 1 fully saturated rings. The van der Waals surface area contributed by atoms with Crippen LogP contribution in [0, 0.1) is 0 Å². The van der Waals surface area contributed by atoms with E-state index in [-0.39, 0.29) is 5.91 Å². The number of hydrogen-bond acceptors (Lipinski definition) is 7. The Balaban J connectivity index is 1.59. The maximum absolute atomic E-state index is 12.4. The molecule has 2 aromatic rings. The van der Waals surface area contributed by atoms with Crippen LogP contribution in [0.2, 0.25) is 0 Å². The van der Waals surface area contributed by atoms with Crippen LogP contribution in [0.25, 0.3) is 5.70 Å². The number of nitrogens with zero attached hydrogens (tertiary/aromatic N) is 4. The molecule has 8 heteroatoms. The van der Waals surface area contributed by atoms with Gasteiger partial charge in [-0.25, -0.2) is 4.99 Å². The second-order valence-electron chi connectivity index (χ2n) is 8.65. The van der Waals surface area contributed by atoms with E-state index in [9.17, 15) is 4.79 Å². The summed E-state index contributed by atoms with van der Waals surface area (Å²) in [5.74, 6) is 0.395. The second-order valence-corrected chi connectivity index (χ2v) is 8.65. The lowest BCUT2D eigenvalue weighted by atomic mass is 10.1. The van der Waals surface area contributed by atoms with E-state index in [4.69, 9.17) is 5.73 Å². The number of fused-ring (bicyclic) bond motifs is 9. The number of carbonyl (C=O) groups is 1. The van der Waals surface area contributed by atoms with Gasteiger partial charge in [0.05, 0.1) is 12.2 Å². The minimum absolute atomic E-state index is 0.0841. The first-order valence-corrected chi connectivity index (χ1v) is 11.8. The van der Waals surface area contributed by atoms with E-state index in [0.717, 1.165) is 62.5 Å². The van der Waals surface area contributed by atoms with Gasteiger partial charge in [-0.2, -0.15) is 0 Å². The van der Waals surface area contributed by atoms with Gasteiger partial charge in [0.25, 0.3) is 0 Å². The normalized spacial score (nSPS) is 24.8. The highest BCUT2D eigenvalue weighted by molar-refractivity contribution is 5.96. The molecule has 6 bridgehead atoms. The quantitative estimate of drug-likeness (QED) is 0.605. The van der Waals surface area contributed by atoms with Crippen LogP contribution >= 0.6 is 0 Å². The SMILES string of the molecule is C=C/C=C1\N=C(/N)Nc2cccc(c2)CN2CCN(CC2)CC(=O)NCCCc2cc1ccn2. The molecule has 178 valence electrons. The minimum Gasteiger partial charge on any atom is -0.369 e. The number of aliphatic imine (C=N–C) groups is 1. The van der Waals surface area contributed by atoms with Crippen molar-refractivity contribution in [1.82, 2.24) is 20.1 Å². The Kier molecular flexibility index (Phi) is 8.06. The summed E-state index contributed by atoms with van der Waals surface area (Å²) in [6, 6.07) is 12.2. The molecule has 5 rings (SSSR count). The van der Waals surface area contributed by atoms with Gasteiger partial charge >= 0.3 is 0 Å². The summed E-state index contributed by atoms with van der Waals surface area (Å²) in [6.07, 6.45) is 6.89. The highest BCUT2D eigenvalue weighted by atomic mass is 16.2. The van der Waals surface area contributed by atoms with E-state index in [2.05, 4.69) is 49.1 Å². The Bertz CT molecular complexity index is 1070. The molecular formula is C26H33N7O. The third kappa shape index (κ3) is 6.76. The summed E-state index contributed by atoms with van der Waals surface area (Å²) in [6.45, 7) is 9.40. The number of amides is 1. The molecule has 3 aliphatic rings. The molecule has 4 N–H and O–H groups in total. The van der Waals surface area contributed by atoms with Crippen LogP contribution in [0.15, 0.2) is 66.3 Å². The van der Waals surface area contributed by atoms with Gasteiger partial charge < -0.3 is 16.4 Å². The predicted molar refractivity (Wildman–Crippen MR) is 137 cm³/mol. The minimum atomic E-state index is 0.0841. The fourth-order valence-corrected chi connectivity index (χ4v) is 4.26. The van der Waals surface area contributed by atoms with Crippen molar-refractivity contribution in [2.24, 2.45) is 10.7 Å². The van der Waals surface area contributed by atoms with E-state index in [1.165, 1.54) is 5.56 Å². The largest absolute Gasteiger partial charge is 0.369 e. The van der Waals surface area contributed by atoms with E-state index < -0.39 is 0 Å². The van der Waals surface area contributed by atoms with Gasteiger partial charge in [-0.3, -0.25) is 19.6 Å². The lowest BCUT2D eigenvalue weighted by Gasteiger charge is -2.34. The number of aryl methyl sites for hydroxylation is 1. The predicted octanol–water partition coefficient (Wildman–Crippen LogP) is 2.22. The Morgan fingerprint density at radius 2 is 1.85 bits per heavy atom. The van der Waals surface area contributed by atoms with E-state index in [1.54, 1.807) is 12.3 Å². The van der Waals surface area contributed by atoms with Gasteiger partial charge in [0.15, 0.2) is 5.96 Å². The standard InChI is InChI=1S/C26H33N7O/c1-2-5-24-21-9-11-28-22(17-21)8-4-10-29-25(34)19-33-14-12-32(13-15-33)18-20-6-3-7-23(16-20)30-26(27)31-24/h2-3,5-7,9,11,16-17H,1,4,8,10,12-15,18-19H2,(H,29,34)(H3,27,30,31)/b24-5-. The molecule has 4 heterocycles. The van der Waals surface area contributed by atoms with Crippen LogP contribution in [0.5, 0.6) is 0 Å². The van der Waals surface area contributed by atoms with Crippen molar-refractivity contribution in [1.29, 1.82) is 0 Å². The van der Waals surface area contributed by atoms with E-state index in [1.807, 2.05) is 30.3 Å². The van der Waals surface area contributed by atoms with Crippen LogP contribution in [0.1, 0.15) is 23.2 Å². The van der Waals surface area contributed by atoms with Crippen molar-refractivity contribution in [3.05, 3.63) is 78.1 Å². The third-order valence-electron chi connectivity index (χ3n) is 6.00. The molecule has 8 nitrogen and oxygen atoms in total. The number of hydrogen-bond donors (Lipinski definition) is 3. The molecule has 3 aliphatic heterocycles. The fourth-order valence-electron chi connectivity index (χ4n) is 4.26.